The van der Waals surface area contributed by atoms with Gasteiger partial charge in [-0.05, 0) is 12.1 Å². The molecule has 1 aromatic rings. The van der Waals surface area contributed by atoms with Crippen LogP contribution in [0.3, 0.4) is 0 Å². The number of halogens is 1. The average molecular weight is 169 g/mol. The molecule has 0 radical (unpaired) electrons. The van der Waals surface area contributed by atoms with Crippen molar-refractivity contribution in [1.82, 2.24) is 4.98 Å². The lowest BCUT2D eigenvalue weighted by Gasteiger charge is -1.98. The maximum atomic E-state index is 12.0. The van der Waals surface area contributed by atoms with E-state index in [2.05, 4.69) is 9.72 Å². The molecule has 4 heteroatoms. The van der Waals surface area contributed by atoms with Crippen LogP contribution in [0.25, 0.3) is 0 Å². The van der Waals surface area contributed by atoms with Gasteiger partial charge >= 0.3 is 5.97 Å². The first-order valence-electron chi connectivity index (χ1n) is 3.37. The predicted molar refractivity (Wildman–Crippen MR) is 40.4 cm³/mol. The predicted octanol–water partition coefficient (Wildman–Crippen LogP) is 1.34. The molecule has 0 atom stereocenters. The molecule has 0 saturated carbocycles. The topological polar surface area (TPSA) is 39.2 Å². The Labute approximate surface area is 69.2 Å². The summed E-state index contributed by atoms with van der Waals surface area (Å²) in [4.78, 5) is 14.5. The molecule has 0 unspecified atom stereocenters. The summed E-state index contributed by atoms with van der Waals surface area (Å²) >= 11 is 0. The zero-order chi connectivity index (χ0) is 8.97. The maximum Gasteiger partial charge on any atom is 0.339 e. The van der Waals surface area contributed by atoms with Crippen LogP contribution >= 0.6 is 0 Å². The summed E-state index contributed by atoms with van der Waals surface area (Å²) in [6.45, 7) is -0.624. The highest BCUT2D eigenvalue weighted by Crippen LogP contribution is 2.02. The number of alkyl halides is 1. The van der Waals surface area contributed by atoms with Crippen molar-refractivity contribution in [3.63, 3.8) is 0 Å². The summed E-state index contributed by atoms with van der Waals surface area (Å²) in [6, 6.07) is 2.93. The van der Waals surface area contributed by atoms with E-state index in [0.717, 1.165) is 0 Å². The van der Waals surface area contributed by atoms with Crippen molar-refractivity contribution in [2.24, 2.45) is 0 Å². The number of hydrogen-bond acceptors (Lipinski definition) is 3. The summed E-state index contributed by atoms with van der Waals surface area (Å²) in [5.74, 6) is -0.465. The monoisotopic (exact) mass is 169 g/mol. The molecule has 0 aromatic carbocycles. The fourth-order valence-corrected chi connectivity index (χ4v) is 0.742. The minimum Gasteiger partial charge on any atom is -0.465 e. The Kier molecular flexibility index (Phi) is 2.74. The first-order chi connectivity index (χ1) is 5.77. The van der Waals surface area contributed by atoms with Crippen LogP contribution in [0.4, 0.5) is 4.39 Å². The van der Waals surface area contributed by atoms with Crippen LogP contribution < -0.4 is 0 Å². The molecule has 0 bridgehead atoms. The average Bonchev–Trinajstić information content (AvgIpc) is 2.17. The van der Waals surface area contributed by atoms with Crippen LogP contribution in [-0.2, 0) is 11.4 Å². The molecule has 3 nitrogen and oxygen atoms in total. The van der Waals surface area contributed by atoms with Gasteiger partial charge in [-0.3, -0.25) is 4.98 Å². The molecule has 1 rings (SSSR count). The first kappa shape index (κ1) is 8.64. The van der Waals surface area contributed by atoms with E-state index >= 15 is 0 Å². The number of hydrogen-bond donors (Lipinski definition) is 0. The second kappa shape index (κ2) is 3.80. The zero-order valence-corrected chi connectivity index (χ0v) is 6.58. The minimum absolute atomic E-state index is 0.308. The number of nitrogens with zero attached hydrogens (tertiary/aromatic N) is 1. The van der Waals surface area contributed by atoms with Gasteiger partial charge in [0.1, 0.15) is 6.67 Å². The lowest BCUT2D eigenvalue weighted by molar-refractivity contribution is 0.0600. The molecule has 1 heterocycles. The Hall–Kier alpha value is -1.45. The molecule has 0 N–H and O–H groups in total. The Balaban J connectivity index is 2.84. The van der Waals surface area contributed by atoms with Gasteiger partial charge in [0.05, 0.1) is 18.4 Å². The maximum absolute atomic E-state index is 12.0. The zero-order valence-electron chi connectivity index (χ0n) is 6.58. The molecular weight excluding hydrogens is 161 g/mol. The fourth-order valence-electron chi connectivity index (χ4n) is 0.742. The highest BCUT2D eigenvalue weighted by Gasteiger charge is 2.04. The van der Waals surface area contributed by atoms with E-state index in [-0.39, 0.29) is 0 Å². The van der Waals surface area contributed by atoms with Gasteiger partial charge in [0.15, 0.2) is 0 Å². The van der Waals surface area contributed by atoms with Crippen molar-refractivity contribution in [1.29, 1.82) is 0 Å². The van der Waals surface area contributed by atoms with Crippen LogP contribution in [0.1, 0.15) is 16.1 Å². The first-order valence-corrected chi connectivity index (χ1v) is 3.37. The molecule has 0 aliphatic carbocycles. The van der Waals surface area contributed by atoms with E-state index in [0.29, 0.717) is 11.3 Å². The number of pyridine rings is 1. The summed E-state index contributed by atoms with van der Waals surface area (Å²) in [5, 5.41) is 0. The fraction of sp³-hybridized carbons (Fsp3) is 0.250. The van der Waals surface area contributed by atoms with E-state index in [1.54, 1.807) is 0 Å². The highest BCUT2D eigenvalue weighted by atomic mass is 19.1. The van der Waals surface area contributed by atoms with Crippen molar-refractivity contribution in [3.8, 4) is 0 Å². The normalized spacial score (nSPS) is 9.50. The Bertz CT molecular complexity index is 271. The van der Waals surface area contributed by atoms with E-state index in [1.807, 2.05) is 0 Å². The van der Waals surface area contributed by atoms with Gasteiger partial charge in [0.2, 0.25) is 0 Å². The van der Waals surface area contributed by atoms with Crippen molar-refractivity contribution in [3.05, 3.63) is 29.6 Å². The molecule has 0 amide bonds. The molecule has 1 aromatic heterocycles. The quantitative estimate of drug-likeness (QED) is 0.627. The number of rotatable bonds is 2. The molecule has 12 heavy (non-hydrogen) atoms. The molecule has 0 saturated heterocycles. The van der Waals surface area contributed by atoms with Crippen LogP contribution in [0.15, 0.2) is 18.3 Å². The van der Waals surface area contributed by atoms with Crippen LogP contribution in [0.2, 0.25) is 0 Å². The van der Waals surface area contributed by atoms with Crippen molar-refractivity contribution in [2.45, 2.75) is 6.67 Å². The van der Waals surface area contributed by atoms with Gasteiger partial charge in [-0.1, -0.05) is 0 Å². The summed E-state index contributed by atoms with van der Waals surface area (Å²) in [5.41, 5.74) is 0.636. The molecular formula is C8H8FNO2. The van der Waals surface area contributed by atoms with Gasteiger partial charge in [-0.2, -0.15) is 0 Å². The molecule has 0 aliphatic heterocycles. The van der Waals surface area contributed by atoms with Crippen LogP contribution in [-0.4, -0.2) is 18.1 Å². The smallest absolute Gasteiger partial charge is 0.339 e. The van der Waals surface area contributed by atoms with E-state index in [9.17, 15) is 9.18 Å². The van der Waals surface area contributed by atoms with Gasteiger partial charge in [0, 0.05) is 6.20 Å². The molecule has 0 spiro atoms. The standard InChI is InChI=1S/C8H8FNO2/c1-12-8(11)6-2-3-7(4-9)10-5-6/h2-3,5H,4H2,1H3. The third-order valence-corrected chi connectivity index (χ3v) is 1.38. The third-order valence-electron chi connectivity index (χ3n) is 1.38. The van der Waals surface area contributed by atoms with Crippen molar-refractivity contribution < 1.29 is 13.9 Å². The summed E-state index contributed by atoms with van der Waals surface area (Å²) in [7, 11) is 1.28. The van der Waals surface area contributed by atoms with E-state index in [1.165, 1.54) is 25.4 Å². The Morgan fingerprint density at radius 1 is 1.67 bits per heavy atom. The van der Waals surface area contributed by atoms with Gasteiger partial charge in [0.25, 0.3) is 0 Å². The van der Waals surface area contributed by atoms with Crippen LogP contribution in [0.5, 0.6) is 0 Å². The second-order valence-corrected chi connectivity index (χ2v) is 2.16. The molecule has 0 aliphatic rings. The Morgan fingerprint density at radius 3 is 2.83 bits per heavy atom. The SMILES string of the molecule is COC(=O)c1ccc(CF)nc1. The van der Waals surface area contributed by atoms with E-state index in [4.69, 9.17) is 0 Å². The van der Waals surface area contributed by atoms with Crippen LogP contribution in [0, 0.1) is 0 Å². The Morgan fingerprint density at radius 2 is 2.42 bits per heavy atom. The summed E-state index contributed by atoms with van der Waals surface area (Å²) in [6.07, 6.45) is 1.29. The van der Waals surface area contributed by atoms with Gasteiger partial charge in [-0.15, -0.1) is 0 Å². The number of carbonyl (C=O) groups is 1. The van der Waals surface area contributed by atoms with Gasteiger partial charge in [-0.25, -0.2) is 9.18 Å². The van der Waals surface area contributed by atoms with Crippen molar-refractivity contribution >= 4 is 5.97 Å². The summed E-state index contributed by atoms with van der Waals surface area (Å²) < 4.78 is 16.4. The lowest BCUT2D eigenvalue weighted by Crippen LogP contribution is -2.01. The lowest BCUT2D eigenvalue weighted by atomic mass is 10.2. The number of methoxy groups -OCH3 is 1. The minimum atomic E-state index is -0.624. The number of carbonyl (C=O) groups excluding carboxylic acids is 1. The van der Waals surface area contributed by atoms with Gasteiger partial charge < -0.3 is 4.74 Å². The number of esters is 1. The highest BCUT2D eigenvalue weighted by molar-refractivity contribution is 5.88. The molecule has 64 valence electrons. The largest absolute Gasteiger partial charge is 0.465 e. The third kappa shape index (κ3) is 1.78. The molecule has 0 fully saturated rings. The van der Waals surface area contributed by atoms with E-state index < -0.39 is 12.6 Å². The number of aromatic nitrogens is 1. The second-order valence-electron chi connectivity index (χ2n) is 2.16. The number of ether oxygens (including phenoxy) is 1. The van der Waals surface area contributed by atoms with Crippen molar-refractivity contribution in [2.75, 3.05) is 7.11 Å².